The highest BCUT2D eigenvalue weighted by molar-refractivity contribution is 8.00. The van der Waals surface area contributed by atoms with E-state index in [1.807, 2.05) is 187 Å². The summed E-state index contributed by atoms with van der Waals surface area (Å²) in [5.41, 5.74) is 4.98. The fourth-order valence-corrected chi connectivity index (χ4v) is 12.6. The summed E-state index contributed by atoms with van der Waals surface area (Å²) in [5.74, 6) is -0.564. The molecule has 15 nitrogen and oxygen atoms in total. The predicted molar refractivity (Wildman–Crippen MR) is 317 cm³/mol. The summed E-state index contributed by atoms with van der Waals surface area (Å²) in [4.78, 5) is 62.6. The van der Waals surface area contributed by atoms with Crippen molar-refractivity contribution in [2.75, 3.05) is 18.2 Å². The van der Waals surface area contributed by atoms with Crippen molar-refractivity contribution >= 4 is 51.7 Å². The second-order valence-electron chi connectivity index (χ2n) is 19.6. The van der Waals surface area contributed by atoms with Crippen LogP contribution in [0.1, 0.15) is 44.6 Å². The molecule has 12 rings (SSSR count). The number of nitrogens with one attached hydrogen (secondary N) is 2. The van der Waals surface area contributed by atoms with Crippen molar-refractivity contribution in [2.45, 2.75) is 35.7 Å². The largest absolute Gasteiger partial charge is 0.497 e. The Balaban J connectivity index is 0.918. The molecular weight excluding hydrogens is 1080 g/mol. The zero-order valence-electron chi connectivity index (χ0n) is 44.7. The van der Waals surface area contributed by atoms with Crippen molar-refractivity contribution in [3.05, 3.63) is 298 Å². The van der Waals surface area contributed by atoms with E-state index in [-0.39, 0.29) is 30.3 Å². The summed E-state index contributed by atoms with van der Waals surface area (Å²) < 4.78 is 18.5. The summed E-state index contributed by atoms with van der Waals surface area (Å²) in [7, 11) is 1.58. The van der Waals surface area contributed by atoms with Gasteiger partial charge in [0.05, 0.1) is 12.7 Å². The molecule has 410 valence electrons. The van der Waals surface area contributed by atoms with Gasteiger partial charge in [-0.2, -0.15) is 4.98 Å². The maximum atomic E-state index is 15.5. The molecule has 0 saturated carbocycles. The minimum absolute atomic E-state index is 0.0600. The molecule has 0 spiro atoms. The predicted octanol–water partition coefficient (Wildman–Crippen LogP) is 10.7. The standard InChI is InChI=1S/C66H52N8O7S2/c1-78-54-34-32-45(33-35-54)41-79-63(77)58-47(40-73-38-36-46(37-39-73)60-67-44-68-80-60)42-82-62-57(61(76)74(58)62)70-59(75)56(72-81-66(51-26-14-5-15-27-51,52-28-16-6-17-29-52)53-30-18-7-19-31-53)55-43-83-64(69-55)71-65(48-20-8-2-9-21-48,49-22-10-3-11-23-49)50-24-12-4-13-25-50/h2-39,43-44,57,62H,40-42H2,1H3,(H-,69,70,71,75)/p+1/t57-,62+/m1/s1. The SMILES string of the molecule is COc1ccc(COC(=O)C2=C(C[n+]3ccc(-c4ncno4)cc3)CS[C@H]3[C@H](NC(=O)C(=NOC(c4ccccc4)(c4ccccc4)c4ccccc4)c4csc(NC(c5ccccc5)(c5ccccc5)c5ccccc5)n4)C(=O)N23)cc1. The quantitative estimate of drug-likeness (QED) is 0.0185. The van der Waals surface area contributed by atoms with Crippen LogP contribution in [0.3, 0.4) is 0 Å². The fourth-order valence-electron chi connectivity index (χ4n) is 10.5. The summed E-state index contributed by atoms with van der Waals surface area (Å²) >= 11 is 2.73. The molecular formula is C66H53N8O7S2+. The average Bonchev–Trinajstić information content (AvgIpc) is 3.36. The maximum absolute atomic E-state index is 15.5. The third kappa shape index (κ3) is 10.8. The van der Waals surface area contributed by atoms with E-state index in [9.17, 15) is 9.59 Å². The lowest BCUT2D eigenvalue weighted by atomic mass is 9.77. The van der Waals surface area contributed by atoms with E-state index in [2.05, 4.69) is 57.2 Å². The summed E-state index contributed by atoms with van der Waals surface area (Å²) in [6.07, 6.45) is 5.00. The number of methoxy groups -OCH3 is 1. The zero-order valence-corrected chi connectivity index (χ0v) is 46.4. The highest BCUT2D eigenvalue weighted by Gasteiger charge is 2.55. The lowest BCUT2D eigenvalue weighted by molar-refractivity contribution is -0.689. The van der Waals surface area contributed by atoms with Gasteiger partial charge in [0.15, 0.2) is 36.1 Å². The summed E-state index contributed by atoms with van der Waals surface area (Å²) in [5, 5.41) is 17.0. The summed E-state index contributed by atoms with van der Waals surface area (Å²) in [6, 6.07) is 69.3. The monoisotopic (exact) mass is 1130 g/mol. The zero-order chi connectivity index (χ0) is 56.6. The van der Waals surface area contributed by atoms with Crippen molar-refractivity contribution in [3.63, 3.8) is 0 Å². The molecule has 0 unspecified atom stereocenters. The number of ether oxygens (including phenoxy) is 2. The number of benzene rings is 7. The molecule has 17 heteroatoms. The van der Waals surface area contributed by atoms with Crippen LogP contribution in [0.25, 0.3) is 11.5 Å². The molecule has 1 saturated heterocycles. The number of β-lactam (4-membered cyclic amide) rings is 1. The number of esters is 1. The van der Waals surface area contributed by atoms with E-state index in [4.69, 9.17) is 29.0 Å². The molecule has 0 radical (unpaired) electrons. The molecule has 2 amide bonds. The number of aromatic nitrogens is 4. The number of hydrogen-bond acceptors (Lipinski definition) is 14. The number of nitrogens with zero attached hydrogens (tertiary/aromatic N) is 6. The van der Waals surface area contributed by atoms with Gasteiger partial charge in [0.2, 0.25) is 5.60 Å². The van der Waals surface area contributed by atoms with Gasteiger partial charge in [0.1, 0.15) is 40.7 Å². The minimum Gasteiger partial charge on any atom is -0.497 e. The molecule has 2 aliphatic heterocycles. The highest BCUT2D eigenvalue weighted by Crippen LogP contribution is 2.44. The molecule has 2 atom stereocenters. The van der Waals surface area contributed by atoms with Gasteiger partial charge >= 0.3 is 5.97 Å². The number of hydrogen-bond donors (Lipinski definition) is 2. The van der Waals surface area contributed by atoms with Crippen LogP contribution < -0.4 is 19.9 Å². The number of carbonyl (C=O) groups is 3. The van der Waals surface area contributed by atoms with Gasteiger partial charge < -0.3 is 29.5 Å². The van der Waals surface area contributed by atoms with Gasteiger partial charge in [-0.15, -0.1) is 23.1 Å². The Morgan fingerprint density at radius 1 is 0.711 bits per heavy atom. The third-order valence-electron chi connectivity index (χ3n) is 14.6. The second-order valence-corrected chi connectivity index (χ2v) is 21.5. The van der Waals surface area contributed by atoms with E-state index < -0.39 is 40.3 Å². The number of oxime groups is 1. The lowest BCUT2D eigenvalue weighted by Gasteiger charge is -2.49. The van der Waals surface area contributed by atoms with E-state index >= 15 is 4.79 Å². The molecule has 83 heavy (non-hydrogen) atoms. The van der Waals surface area contributed by atoms with Crippen molar-refractivity contribution < 1.29 is 37.8 Å². The first-order valence-electron chi connectivity index (χ1n) is 26.7. The number of amides is 2. The van der Waals surface area contributed by atoms with Crippen molar-refractivity contribution in [3.8, 4) is 17.2 Å². The number of rotatable bonds is 20. The number of fused-ring (bicyclic) bond motifs is 1. The smallest absolute Gasteiger partial charge is 0.355 e. The number of anilines is 1. The van der Waals surface area contributed by atoms with Crippen molar-refractivity contribution in [2.24, 2.45) is 5.16 Å². The van der Waals surface area contributed by atoms with Gasteiger partial charge in [0, 0.05) is 45.5 Å². The van der Waals surface area contributed by atoms with Crippen LogP contribution in [0.15, 0.2) is 263 Å². The van der Waals surface area contributed by atoms with E-state index in [1.165, 1.54) is 34.3 Å². The van der Waals surface area contributed by atoms with Gasteiger partial charge in [0.25, 0.3) is 17.7 Å². The van der Waals surface area contributed by atoms with Gasteiger partial charge in [-0.25, -0.2) is 14.3 Å². The first-order valence-corrected chi connectivity index (χ1v) is 28.6. The Morgan fingerprint density at radius 2 is 1.24 bits per heavy atom. The number of carbonyl (C=O) groups excluding carboxylic acids is 3. The van der Waals surface area contributed by atoms with Crippen LogP contribution in [-0.4, -0.2) is 67.8 Å². The first kappa shape index (κ1) is 53.7. The van der Waals surface area contributed by atoms with Crippen molar-refractivity contribution in [1.29, 1.82) is 0 Å². The number of thioether (sulfide) groups is 1. The fraction of sp³-hybridized carbons (Fsp3) is 0.121. The van der Waals surface area contributed by atoms with Crippen LogP contribution >= 0.6 is 23.1 Å². The molecule has 1 fully saturated rings. The molecule has 0 bridgehead atoms. The Bertz CT molecular complexity index is 3720. The maximum Gasteiger partial charge on any atom is 0.355 e. The third-order valence-corrected chi connectivity index (χ3v) is 16.7. The molecule has 3 aromatic heterocycles. The Hall–Kier alpha value is -9.97. The van der Waals surface area contributed by atoms with E-state index in [0.29, 0.717) is 33.7 Å². The van der Waals surface area contributed by atoms with E-state index in [0.717, 1.165) is 38.9 Å². The lowest BCUT2D eigenvalue weighted by Crippen LogP contribution is -2.71. The molecule has 0 aliphatic carbocycles. The molecule has 2 N–H and O–H groups in total. The molecule has 10 aromatic rings. The Kier molecular flexibility index (Phi) is 15.5. The van der Waals surface area contributed by atoms with Crippen molar-refractivity contribution in [1.82, 2.24) is 25.3 Å². The topological polar surface area (TPSA) is 174 Å². The second kappa shape index (κ2) is 24.0. The highest BCUT2D eigenvalue weighted by atomic mass is 32.2. The number of thiazole rings is 1. The van der Waals surface area contributed by atoms with Crippen LogP contribution in [0.4, 0.5) is 5.13 Å². The van der Waals surface area contributed by atoms with Gasteiger partial charge in [-0.1, -0.05) is 204 Å². The van der Waals surface area contributed by atoms with E-state index in [1.54, 1.807) is 24.6 Å². The average molecular weight is 1130 g/mol. The Labute approximate surface area is 486 Å². The van der Waals surface area contributed by atoms with Gasteiger partial charge in [-0.3, -0.25) is 14.5 Å². The molecule has 7 aromatic carbocycles. The number of pyridine rings is 1. The molecule has 5 heterocycles. The van der Waals surface area contributed by atoms with Crippen LogP contribution in [-0.2, 0) is 48.2 Å². The van der Waals surface area contributed by atoms with Crippen LogP contribution in [0.5, 0.6) is 5.75 Å². The minimum atomic E-state index is -1.38. The Morgan fingerprint density at radius 3 is 1.75 bits per heavy atom. The van der Waals surface area contributed by atoms with Crippen LogP contribution in [0, 0.1) is 0 Å². The van der Waals surface area contributed by atoms with Crippen LogP contribution in [0.2, 0.25) is 0 Å². The normalized spacial score (nSPS) is 15.2. The summed E-state index contributed by atoms with van der Waals surface area (Å²) in [6.45, 7) is 0.188. The van der Waals surface area contributed by atoms with Gasteiger partial charge in [-0.05, 0) is 34.4 Å². The molecule has 2 aliphatic rings. The first-order chi connectivity index (χ1) is 40.8.